The van der Waals surface area contributed by atoms with Crippen LogP contribution in [0.3, 0.4) is 0 Å². The molecule has 0 aliphatic rings. The van der Waals surface area contributed by atoms with Gasteiger partial charge in [0.05, 0.1) is 4.47 Å². The van der Waals surface area contributed by atoms with Crippen molar-refractivity contribution in [1.29, 1.82) is 0 Å². The second-order valence-electron chi connectivity index (χ2n) is 7.46. The Hall–Kier alpha value is -1.76. The summed E-state index contributed by atoms with van der Waals surface area (Å²) in [5.41, 5.74) is 1.85. The van der Waals surface area contributed by atoms with Gasteiger partial charge in [0.1, 0.15) is 11.8 Å². The molecule has 2 rings (SSSR count). The summed E-state index contributed by atoms with van der Waals surface area (Å²) in [7, 11) is 0. The van der Waals surface area contributed by atoms with Gasteiger partial charge in [0.25, 0.3) is 5.91 Å². The van der Waals surface area contributed by atoms with E-state index in [0.717, 1.165) is 10.0 Å². The Morgan fingerprint density at radius 2 is 1.84 bits per heavy atom. The molecule has 8 heteroatoms. The lowest BCUT2D eigenvalue weighted by atomic mass is 10.0. The summed E-state index contributed by atoms with van der Waals surface area (Å²) in [5, 5.41) is 3.69. The zero-order chi connectivity index (χ0) is 23.1. The van der Waals surface area contributed by atoms with E-state index in [4.69, 9.17) is 27.9 Å². The van der Waals surface area contributed by atoms with Crippen LogP contribution in [0.25, 0.3) is 0 Å². The van der Waals surface area contributed by atoms with Crippen molar-refractivity contribution in [1.82, 2.24) is 10.2 Å². The molecule has 0 bridgehead atoms. The molecular weight excluding hydrogens is 503 g/mol. The first-order chi connectivity index (χ1) is 14.6. The van der Waals surface area contributed by atoms with Gasteiger partial charge in [-0.05, 0) is 71.1 Å². The number of likely N-dealkylation sites (N-methyl/N-ethyl adjacent to an activating group) is 1. The Bertz CT molecular complexity index is 937. The molecule has 0 heterocycles. The van der Waals surface area contributed by atoms with Crippen molar-refractivity contribution in [3.8, 4) is 5.75 Å². The van der Waals surface area contributed by atoms with E-state index in [0.29, 0.717) is 33.8 Å². The molecule has 0 aliphatic heterocycles. The number of hydrogen-bond donors (Lipinski definition) is 1. The zero-order valence-electron chi connectivity index (χ0n) is 18.0. The van der Waals surface area contributed by atoms with Crippen LogP contribution in [0.2, 0.25) is 10.0 Å². The molecule has 2 aromatic rings. The summed E-state index contributed by atoms with van der Waals surface area (Å²) in [4.78, 5) is 27.0. The topological polar surface area (TPSA) is 58.6 Å². The normalized spacial score (nSPS) is 11.9. The van der Waals surface area contributed by atoms with Crippen molar-refractivity contribution in [3.63, 3.8) is 0 Å². The third-order valence-corrected chi connectivity index (χ3v) is 6.05. The second-order valence-corrected chi connectivity index (χ2v) is 9.16. The van der Waals surface area contributed by atoms with Gasteiger partial charge in [-0.2, -0.15) is 0 Å². The van der Waals surface area contributed by atoms with Gasteiger partial charge in [-0.3, -0.25) is 9.59 Å². The lowest BCUT2D eigenvalue weighted by molar-refractivity contribution is -0.142. The smallest absolute Gasteiger partial charge is 0.261 e. The minimum absolute atomic E-state index is 0.157. The number of benzene rings is 2. The maximum Gasteiger partial charge on any atom is 0.261 e. The molecule has 0 unspecified atom stereocenters. The first-order valence-corrected chi connectivity index (χ1v) is 11.6. The molecule has 0 saturated heterocycles. The van der Waals surface area contributed by atoms with E-state index in [9.17, 15) is 9.59 Å². The zero-order valence-corrected chi connectivity index (χ0v) is 21.1. The second kappa shape index (κ2) is 11.7. The molecule has 0 fully saturated rings. The fourth-order valence-electron chi connectivity index (χ4n) is 2.95. The number of halogens is 3. The van der Waals surface area contributed by atoms with E-state index < -0.39 is 6.04 Å². The summed E-state index contributed by atoms with van der Waals surface area (Å²) >= 11 is 15.8. The number of carbonyl (C=O) groups excluding carboxylic acids is 2. The summed E-state index contributed by atoms with van der Waals surface area (Å²) in [6.07, 6.45) is 0. The lowest BCUT2D eigenvalue weighted by Crippen LogP contribution is -2.49. The number of ether oxygens (including phenoxy) is 1. The molecule has 0 aromatic heterocycles. The molecule has 1 atom stereocenters. The van der Waals surface area contributed by atoms with Crippen LogP contribution in [0.4, 0.5) is 0 Å². The van der Waals surface area contributed by atoms with Crippen LogP contribution < -0.4 is 10.1 Å². The molecule has 2 aromatic carbocycles. The van der Waals surface area contributed by atoms with E-state index >= 15 is 0 Å². The average molecular weight is 530 g/mol. The molecule has 0 saturated carbocycles. The van der Waals surface area contributed by atoms with Gasteiger partial charge in [0, 0.05) is 23.1 Å². The highest BCUT2D eigenvalue weighted by Crippen LogP contribution is 2.29. The fraction of sp³-hybridized carbons (Fsp3) is 0.391. The van der Waals surface area contributed by atoms with Gasteiger partial charge >= 0.3 is 0 Å². The lowest BCUT2D eigenvalue weighted by Gasteiger charge is -2.29. The maximum absolute atomic E-state index is 13.1. The Balaban J connectivity index is 2.20. The van der Waals surface area contributed by atoms with Gasteiger partial charge in [-0.1, -0.05) is 49.2 Å². The predicted octanol–water partition coefficient (Wildman–Crippen LogP) is 5.81. The van der Waals surface area contributed by atoms with Gasteiger partial charge in [-0.15, -0.1) is 0 Å². The van der Waals surface area contributed by atoms with Gasteiger partial charge in [-0.25, -0.2) is 0 Å². The van der Waals surface area contributed by atoms with Crippen LogP contribution in [0.1, 0.15) is 44.7 Å². The summed E-state index contributed by atoms with van der Waals surface area (Å²) in [6, 6.07) is 10.1. The third kappa shape index (κ3) is 7.13. The molecule has 5 nitrogen and oxygen atoms in total. The molecule has 0 aliphatic carbocycles. The van der Waals surface area contributed by atoms with Crippen LogP contribution in [-0.4, -0.2) is 35.9 Å². The van der Waals surface area contributed by atoms with Crippen molar-refractivity contribution < 1.29 is 14.3 Å². The highest BCUT2D eigenvalue weighted by molar-refractivity contribution is 9.10. The number of rotatable bonds is 9. The van der Waals surface area contributed by atoms with E-state index in [1.54, 1.807) is 25.1 Å². The Morgan fingerprint density at radius 1 is 1.13 bits per heavy atom. The summed E-state index contributed by atoms with van der Waals surface area (Å²) in [5.74, 6) is 0.366. The number of hydrogen-bond acceptors (Lipinski definition) is 3. The monoisotopic (exact) mass is 528 g/mol. The minimum atomic E-state index is -0.699. The molecule has 2 amide bonds. The van der Waals surface area contributed by atoms with Crippen LogP contribution in [-0.2, 0) is 16.1 Å². The molecule has 31 heavy (non-hydrogen) atoms. The van der Waals surface area contributed by atoms with Crippen LogP contribution in [0, 0.1) is 0 Å². The Labute approximate surface area is 202 Å². The first-order valence-electron chi connectivity index (χ1n) is 10.1. The van der Waals surface area contributed by atoms with Crippen molar-refractivity contribution in [2.45, 2.75) is 46.2 Å². The van der Waals surface area contributed by atoms with Crippen LogP contribution in [0.15, 0.2) is 40.9 Å². The number of carbonyl (C=O) groups is 2. The van der Waals surface area contributed by atoms with Gasteiger partial charge < -0.3 is 15.0 Å². The molecule has 0 spiro atoms. The van der Waals surface area contributed by atoms with Crippen molar-refractivity contribution >= 4 is 50.9 Å². The summed E-state index contributed by atoms with van der Waals surface area (Å²) < 4.78 is 6.54. The third-order valence-electron chi connectivity index (χ3n) is 4.85. The van der Waals surface area contributed by atoms with E-state index in [1.807, 2.05) is 25.1 Å². The Kier molecular flexibility index (Phi) is 9.66. The number of amides is 2. The van der Waals surface area contributed by atoms with Crippen LogP contribution in [0.5, 0.6) is 5.75 Å². The van der Waals surface area contributed by atoms with Crippen molar-refractivity contribution in [2.24, 2.45) is 0 Å². The predicted molar refractivity (Wildman–Crippen MR) is 129 cm³/mol. The first kappa shape index (κ1) is 25.5. The van der Waals surface area contributed by atoms with E-state index in [-0.39, 0.29) is 25.0 Å². The molecule has 168 valence electrons. The maximum atomic E-state index is 13.1. The summed E-state index contributed by atoms with van der Waals surface area (Å²) in [6.45, 7) is 8.13. The SMILES string of the molecule is CCNC(=O)[C@H](C)N(Cc1ccc(Cl)cc1Cl)C(=O)COc1ccc(C(C)C)cc1Br. The average Bonchev–Trinajstić information content (AvgIpc) is 2.71. The molecule has 1 N–H and O–H groups in total. The highest BCUT2D eigenvalue weighted by atomic mass is 79.9. The number of nitrogens with zero attached hydrogens (tertiary/aromatic N) is 1. The van der Waals surface area contributed by atoms with Crippen molar-refractivity contribution in [2.75, 3.05) is 13.2 Å². The van der Waals surface area contributed by atoms with Crippen molar-refractivity contribution in [3.05, 3.63) is 62.0 Å². The largest absolute Gasteiger partial charge is 0.483 e. The molecular formula is C23H27BrCl2N2O3. The Morgan fingerprint density at radius 3 is 2.42 bits per heavy atom. The quantitative estimate of drug-likeness (QED) is 0.445. The minimum Gasteiger partial charge on any atom is -0.483 e. The standard InChI is InChI=1S/C23H27BrCl2N2O3/c1-5-27-23(30)15(4)28(12-17-6-8-18(25)11-20(17)26)22(29)13-31-21-9-7-16(14(2)3)10-19(21)24/h6-11,14-15H,5,12-13H2,1-4H3,(H,27,30)/t15-/m0/s1. The number of nitrogens with one attached hydrogen (secondary N) is 1. The molecule has 0 radical (unpaired) electrons. The highest BCUT2D eigenvalue weighted by Gasteiger charge is 2.27. The van der Waals surface area contributed by atoms with Gasteiger partial charge in [0.2, 0.25) is 5.91 Å². The van der Waals surface area contributed by atoms with E-state index in [2.05, 4.69) is 35.1 Å². The fourth-order valence-corrected chi connectivity index (χ4v) is 3.93. The van der Waals surface area contributed by atoms with Gasteiger partial charge in [0.15, 0.2) is 6.61 Å². The van der Waals surface area contributed by atoms with Crippen LogP contribution >= 0.6 is 39.1 Å². The van der Waals surface area contributed by atoms with E-state index in [1.165, 1.54) is 4.90 Å².